The predicted molar refractivity (Wildman–Crippen MR) is 141 cm³/mol. The number of hydrogen-bond donors (Lipinski definition) is 1. The highest BCUT2D eigenvalue weighted by Gasteiger charge is 2.71. The second-order valence-electron chi connectivity index (χ2n) is 10.9. The van der Waals surface area contributed by atoms with Gasteiger partial charge in [0.2, 0.25) is 11.8 Å². The number of para-hydroxylation sites is 1. The minimum atomic E-state index is -1.38. The van der Waals surface area contributed by atoms with Crippen LogP contribution in [-0.2, 0) is 33.0 Å². The van der Waals surface area contributed by atoms with E-state index in [-0.39, 0.29) is 42.8 Å². The minimum absolute atomic E-state index is 0.0358. The standard InChI is InChI=1S/C31H30FN3O3/c1-19(2)16-24-26-27(29(37)35(28(26)36)17-20-10-4-3-5-11-20)31(33-24)22-13-7-9-15-25(22)34(30(31)38)18-21-12-6-8-14-23(21)32/h3-15,19,24,26-27,33H,16-18H2,1-2H3. The van der Waals surface area contributed by atoms with Crippen molar-refractivity contribution < 1.29 is 18.8 Å². The SMILES string of the molecule is CC(C)CC1NC2(C(=O)N(Cc3ccccc3F)c3ccccc32)C2C(=O)N(Cc3ccccc3)C(=O)C12. The first-order valence-electron chi connectivity index (χ1n) is 13.1. The first-order valence-corrected chi connectivity index (χ1v) is 13.1. The van der Waals surface area contributed by atoms with Gasteiger partial charge in [-0.15, -0.1) is 0 Å². The van der Waals surface area contributed by atoms with Gasteiger partial charge in [-0.25, -0.2) is 4.39 Å². The number of halogens is 1. The van der Waals surface area contributed by atoms with Crippen LogP contribution in [0.4, 0.5) is 10.1 Å². The number of rotatable bonds is 6. The smallest absolute Gasteiger partial charge is 0.253 e. The van der Waals surface area contributed by atoms with E-state index in [0.29, 0.717) is 23.2 Å². The zero-order valence-electron chi connectivity index (χ0n) is 21.4. The molecule has 0 bridgehead atoms. The van der Waals surface area contributed by atoms with Crippen molar-refractivity contribution in [2.75, 3.05) is 4.90 Å². The van der Waals surface area contributed by atoms with Crippen molar-refractivity contribution in [1.82, 2.24) is 10.2 Å². The maximum Gasteiger partial charge on any atom is 0.253 e. The molecule has 1 N–H and O–H groups in total. The lowest BCUT2D eigenvalue weighted by Gasteiger charge is -2.31. The van der Waals surface area contributed by atoms with E-state index in [0.717, 1.165) is 5.56 Å². The van der Waals surface area contributed by atoms with Crippen molar-refractivity contribution in [3.63, 3.8) is 0 Å². The van der Waals surface area contributed by atoms with Crippen LogP contribution in [0.15, 0.2) is 78.9 Å². The highest BCUT2D eigenvalue weighted by molar-refractivity contribution is 6.16. The fraction of sp³-hybridized carbons (Fsp3) is 0.323. The average Bonchev–Trinajstić information content (AvgIpc) is 3.45. The third-order valence-corrected chi connectivity index (χ3v) is 8.15. The number of anilines is 1. The molecule has 1 spiro atoms. The first-order chi connectivity index (χ1) is 18.3. The van der Waals surface area contributed by atoms with Gasteiger partial charge < -0.3 is 4.90 Å². The van der Waals surface area contributed by atoms with Crippen LogP contribution in [-0.4, -0.2) is 28.7 Å². The van der Waals surface area contributed by atoms with Crippen LogP contribution in [0.1, 0.15) is 37.0 Å². The van der Waals surface area contributed by atoms with Crippen molar-refractivity contribution in [3.8, 4) is 0 Å². The fourth-order valence-electron chi connectivity index (χ4n) is 6.59. The molecule has 3 aliphatic heterocycles. The van der Waals surface area contributed by atoms with Crippen LogP contribution in [0.5, 0.6) is 0 Å². The lowest BCUT2D eigenvalue weighted by atomic mass is 9.76. The molecular weight excluding hydrogens is 481 g/mol. The van der Waals surface area contributed by atoms with Gasteiger partial charge in [-0.05, 0) is 30.0 Å². The molecule has 0 saturated carbocycles. The van der Waals surface area contributed by atoms with Crippen LogP contribution in [0.25, 0.3) is 0 Å². The molecule has 0 aliphatic carbocycles. The molecule has 0 radical (unpaired) electrons. The molecule has 7 heteroatoms. The van der Waals surface area contributed by atoms with Crippen LogP contribution in [0.2, 0.25) is 0 Å². The summed E-state index contributed by atoms with van der Waals surface area (Å²) in [6, 6.07) is 22.8. The fourth-order valence-corrected chi connectivity index (χ4v) is 6.59. The largest absolute Gasteiger partial charge is 0.306 e. The molecule has 3 aromatic rings. The Morgan fingerprint density at radius 2 is 1.53 bits per heavy atom. The van der Waals surface area contributed by atoms with Crippen LogP contribution in [0, 0.1) is 23.6 Å². The van der Waals surface area contributed by atoms with Gasteiger partial charge in [-0.2, -0.15) is 0 Å². The van der Waals surface area contributed by atoms with Gasteiger partial charge in [-0.3, -0.25) is 24.6 Å². The second kappa shape index (κ2) is 9.17. The summed E-state index contributed by atoms with van der Waals surface area (Å²) in [7, 11) is 0. The van der Waals surface area contributed by atoms with Gasteiger partial charge >= 0.3 is 0 Å². The summed E-state index contributed by atoms with van der Waals surface area (Å²) in [5, 5.41) is 3.53. The highest BCUT2D eigenvalue weighted by atomic mass is 19.1. The van der Waals surface area contributed by atoms with Crippen molar-refractivity contribution in [2.24, 2.45) is 17.8 Å². The Morgan fingerprint density at radius 3 is 2.26 bits per heavy atom. The van der Waals surface area contributed by atoms with Gasteiger partial charge in [0.1, 0.15) is 11.4 Å². The molecule has 2 fully saturated rings. The first kappa shape index (κ1) is 24.5. The monoisotopic (exact) mass is 511 g/mol. The summed E-state index contributed by atoms with van der Waals surface area (Å²) in [6.07, 6.45) is 0.643. The Morgan fingerprint density at radius 1 is 0.842 bits per heavy atom. The lowest BCUT2D eigenvalue weighted by molar-refractivity contribution is -0.143. The molecule has 3 amide bonds. The number of nitrogens with zero attached hydrogens (tertiary/aromatic N) is 2. The molecule has 194 valence electrons. The van der Waals surface area contributed by atoms with E-state index >= 15 is 0 Å². The van der Waals surface area contributed by atoms with E-state index < -0.39 is 23.2 Å². The number of nitrogens with one attached hydrogen (secondary N) is 1. The number of likely N-dealkylation sites (tertiary alicyclic amines) is 1. The number of fused-ring (bicyclic) bond motifs is 4. The second-order valence-corrected chi connectivity index (χ2v) is 10.9. The minimum Gasteiger partial charge on any atom is -0.306 e. The van der Waals surface area contributed by atoms with Gasteiger partial charge in [0.15, 0.2) is 0 Å². The molecule has 6 nitrogen and oxygen atoms in total. The van der Waals surface area contributed by atoms with Gasteiger partial charge in [-0.1, -0.05) is 80.6 Å². The van der Waals surface area contributed by atoms with E-state index in [1.54, 1.807) is 23.1 Å². The van der Waals surface area contributed by atoms with Gasteiger partial charge in [0.05, 0.1) is 24.9 Å². The third-order valence-electron chi connectivity index (χ3n) is 8.15. The van der Waals surface area contributed by atoms with Gasteiger partial charge in [0, 0.05) is 22.9 Å². The number of amides is 3. The maximum atomic E-state index is 14.6. The summed E-state index contributed by atoms with van der Waals surface area (Å²) in [5.74, 6) is -2.56. The molecule has 3 aliphatic rings. The number of carbonyl (C=O) groups excluding carboxylic acids is 3. The van der Waals surface area contributed by atoms with Crippen molar-refractivity contribution in [3.05, 3.63) is 101 Å². The summed E-state index contributed by atoms with van der Waals surface area (Å²) in [4.78, 5) is 45.3. The number of benzene rings is 3. The molecular formula is C31H30FN3O3. The lowest BCUT2D eigenvalue weighted by Crippen LogP contribution is -2.55. The molecule has 3 heterocycles. The summed E-state index contributed by atoms with van der Waals surface area (Å²) < 4.78 is 14.6. The quantitative estimate of drug-likeness (QED) is 0.499. The Balaban J connectivity index is 1.45. The predicted octanol–water partition coefficient (Wildman–Crippen LogP) is 4.39. The molecule has 4 atom stereocenters. The molecule has 2 saturated heterocycles. The van der Waals surface area contributed by atoms with Crippen molar-refractivity contribution in [1.29, 1.82) is 0 Å². The molecule has 3 aromatic carbocycles. The Labute approximate surface area is 221 Å². The average molecular weight is 512 g/mol. The van der Waals surface area contributed by atoms with E-state index in [2.05, 4.69) is 19.2 Å². The van der Waals surface area contributed by atoms with E-state index in [1.807, 2.05) is 54.6 Å². The Bertz CT molecular complexity index is 1420. The van der Waals surface area contributed by atoms with E-state index in [4.69, 9.17) is 0 Å². The maximum absolute atomic E-state index is 14.6. The molecule has 6 rings (SSSR count). The van der Waals surface area contributed by atoms with Crippen LogP contribution >= 0.6 is 0 Å². The van der Waals surface area contributed by atoms with Crippen LogP contribution in [0.3, 0.4) is 0 Å². The van der Waals surface area contributed by atoms with E-state index in [1.165, 1.54) is 11.0 Å². The summed E-state index contributed by atoms with van der Waals surface area (Å²) >= 11 is 0. The zero-order valence-corrected chi connectivity index (χ0v) is 21.4. The number of hydrogen-bond acceptors (Lipinski definition) is 4. The Hall–Kier alpha value is -3.84. The third kappa shape index (κ3) is 3.60. The summed E-state index contributed by atoms with van der Waals surface area (Å²) in [6.45, 7) is 4.35. The van der Waals surface area contributed by atoms with Crippen molar-refractivity contribution >= 4 is 23.4 Å². The number of carbonyl (C=O) groups is 3. The highest BCUT2D eigenvalue weighted by Crippen LogP contribution is 2.55. The van der Waals surface area contributed by atoms with E-state index in [9.17, 15) is 18.8 Å². The van der Waals surface area contributed by atoms with Gasteiger partial charge in [0.25, 0.3) is 5.91 Å². The zero-order chi connectivity index (χ0) is 26.6. The summed E-state index contributed by atoms with van der Waals surface area (Å²) in [5.41, 5.74) is 1.17. The molecule has 4 unspecified atom stereocenters. The van der Waals surface area contributed by atoms with Crippen LogP contribution < -0.4 is 10.2 Å². The topological polar surface area (TPSA) is 69.7 Å². The number of imide groups is 1. The molecule has 0 aromatic heterocycles. The molecule has 38 heavy (non-hydrogen) atoms. The Kier molecular flexibility index (Phi) is 5.91. The van der Waals surface area contributed by atoms with Crippen molar-refractivity contribution in [2.45, 2.75) is 44.9 Å². The normalized spacial score (nSPS) is 26.1.